The van der Waals surface area contributed by atoms with Crippen molar-refractivity contribution in [1.82, 2.24) is 10.3 Å². The Morgan fingerprint density at radius 2 is 2.20 bits per heavy atom. The number of unbranched alkanes of at least 4 members (excludes halogenated alkanes) is 1. The van der Waals surface area contributed by atoms with Gasteiger partial charge in [-0.15, -0.1) is 0 Å². The van der Waals surface area contributed by atoms with E-state index in [9.17, 15) is 4.79 Å². The molecule has 1 N–H and O–H groups in total. The van der Waals surface area contributed by atoms with Crippen LogP contribution in [0.5, 0.6) is 5.88 Å². The van der Waals surface area contributed by atoms with Crippen molar-refractivity contribution in [2.75, 3.05) is 6.61 Å². The molecule has 1 rings (SSSR count). The average Bonchev–Trinajstić information content (AvgIpc) is 2.47. The third-order valence-electron chi connectivity index (χ3n) is 3.35. The van der Waals surface area contributed by atoms with Crippen molar-refractivity contribution in [2.45, 2.75) is 53.0 Å². The first-order valence-corrected chi connectivity index (χ1v) is 7.57. The Bertz CT molecular complexity index is 407. The van der Waals surface area contributed by atoms with Crippen LogP contribution in [0, 0.1) is 5.92 Å². The van der Waals surface area contributed by atoms with Gasteiger partial charge in [-0.3, -0.25) is 4.79 Å². The first kappa shape index (κ1) is 16.5. The lowest BCUT2D eigenvalue weighted by Crippen LogP contribution is -2.30. The minimum absolute atomic E-state index is 0.113. The molecule has 0 spiro atoms. The van der Waals surface area contributed by atoms with Crippen LogP contribution in [-0.2, 0) is 11.3 Å². The van der Waals surface area contributed by atoms with Crippen LogP contribution >= 0.6 is 0 Å². The fourth-order valence-corrected chi connectivity index (χ4v) is 2.12. The molecule has 0 saturated carbocycles. The van der Waals surface area contributed by atoms with Crippen molar-refractivity contribution < 1.29 is 9.53 Å². The third kappa shape index (κ3) is 5.19. The minimum atomic E-state index is 0.113. The number of hydrogen-bond donors (Lipinski definition) is 1. The summed E-state index contributed by atoms with van der Waals surface area (Å²) in [5.41, 5.74) is 0.924. The van der Waals surface area contributed by atoms with Crippen LogP contribution in [0.15, 0.2) is 18.3 Å². The Kier molecular flexibility index (Phi) is 7.70. The molecular weight excluding hydrogens is 252 g/mol. The van der Waals surface area contributed by atoms with Crippen molar-refractivity contribution in [3.05, 3.63) is 23.9 Å². The topological polar surface area (TPSA) is 51.2 Å². The summed E-state index contributed by atoms with van der Waals surface area (Å²) in [4.78, 5) is 16.3. The molecule has 1 aromatic heterocycles. The lowest BCUT2D eigenvalue weighted by atomic mass is 9.98. The molecule has 0 bridgehead atoms. The zero-order valence-electron chi connectivity index (χ0n) is 12.8. The molecule has 1 unspecified atom stereocenters. The van der Waals surface area contributed by atoms with E-state index < -0.39 is 0 Å². The lowest BCUT2D eigenvalue weighted by molar-refractivity contribution is -0.125. The molecule has 4 heteroatoms. The van der Waals surface area contributed by atoms with Gasteiger partial charge in [0, 0.05) is 24.2 Å². The summed E-state index contributed by atoms with van der Waals surface area (Å²) in [6.45, 7) is 7.19. The Labute approximate surface area is 121 Å². The molecule has 20 heavy (non-hydrogen) atoms. The molecule has 0 aromatic carbocycles. The van der Waals surface area contributed by atoms with Gasteiger partial charge in [-0.2, -0.15) is 0 Å². The van der Waals surface area contributed by atoms with E-state index in [1.165, 1.54) is 0 Å². The second-order valence-corrected chi connectivity index (χ2v) is 4.87. The summed E-state index contributed by atoms with van der Waals surface area (Å²) in [5, 5.41) is 3.00. The smallest absolute Gasteiger partial charge is 0.223 e. The van der Waals surface area contributed by atoms with E-state index in [1.807, 2.05) is 19.1 Å². The van der Waals surface area contributed by atoms with Crippen LogP contribution in [0.2, 0.25) is 0 Å². The lowest BCUT2D eigenvalue weighted by Gasteiger charge is -2.15. The predicted octanol–water partition coefficient (Wildman–Crippen LogP) is 3.31. The fraction of sp³-hybridized carbons (Fsp3) is 0.625. The highest BCUT2D eigenvalue weighted by Gasteiger charge is 2.16. The van der Waals surface area contributed by atoms with Crippen LogP contribution < -0.4 is 10.1 Å². The number of nitrogens with zero attached hydrogens (tertiary/aromatic N) is 1. The largest absolute Gasteiger partial charge is 0.478 e. The molecule has 0 aliphatic rings. The highest BCUT2D eigenvalue weighted by molar-refractivity contribution is 5.78. The first-order valence-electron chi connectivity index (χ1n) is 7.57. The van der Waals surface area contributed by atoms with Crippen LogP contribution in [0.3, 0.4) is 0 Å². The van der Waals surface area contributed by atoms with Crippen molar-refractivity contribution >= 4 is 5.91 Å². The zero-order valence-corrected chi connectivity index (χ0v) is 12.8. The number of carbonyl (C=O) groups is 1. The van der Waals surface area contributed by atoms with Crippen molar-refractivity contribution in [1.29, 1.82) is 0 Å². The monoisotopic (exact) mass is 278 g/mol. The molecule has 0 radical (unpaired) electrons. The van der Waals surface area contributed by atoms with Crippen molar-refractivity contribution in [2.24, 2.45) is 5.92 Å². The molecule has 0 aliphatic heterocycles. The molecule has 0 saturated heterocycles. The number of ether oxygens (including phenoxy) is 1. The number of nitrogens with one attached hydrogen (secondary N) is 1. The maximum atomic E-state index is 12.2. The maximum absolute atomic E-state index is 12.2. The van der Waals surface area contributed by atoms with E-state index in [2.05, 4.69) is 24.1 Å². The highest BCUT2D eigenvalue weighted by Crippen LogP contribution is 2.16. The Morgan fingerprint density at radius 1 is 1.40 bits per heavy atom. The number of amides is 1. The van der Waals surface area contributed by atoms with E-state index in [0.29, 0.717) is 19.0 Å². The molecule has 1 atom stereocenters. The van der Waals surface area contributed by atoms with Gasteiger partial charge in [-0.05, 0) is 25.8 Å². The van der Waals surface area contributed by atoms with Crippen LogP contribution in [0.1, 0.15) is 52.0 Å². The molecule has 4 nitrogen and oxygen atoms in total. The normalized spacial score (nSPS) is 11.9. The second-order valence-electron chi connectivity index (χ2n) is 4.87. The Balaban J connectivity index is 2.55. The standard InChI is InChI=1S/C16H26N2O2/c1-4-7-9-13(5-2)15(19)18-12-14-10-8-11-17-16(14)20-6-3/h8,10-11,13H,4-7,9,12H2,1-3H3,(H,18,19). The third-order valence-corrected chi connectivity index (χ3v) is 3.35. The Hall–Kier alpha value is -1.58. The summed E-state index contributed by atoms with van der Waals surface area (Å²) in [6.07, 6.45) is 5.78. The molecule has 112 valence electrons. The first-order chi connectivity index (χ1) is 9.72. The molecule has 1 heterocycles. The summed E-state index contributed by atoms with van der Waals surface area (Å²) < 4.78 is 5.46. The molecule has 0 fully saturated rings. The van der Waals surface area contributed by atoms with Crippen LogP contribution in [0.4, 0.5) is 0 Å². The number of hydrogen-bond acceptors (Lipinski definition) is 3. The van der Waals surface area contributed by atoms with Gasteiger partial charge in [0.1, 0.15) is 0 Å². The average molecular weight is 278 g/mol. The van der Waals surface area contributed by atoms with Crippen LogP contribution in [-0.4, -0.2) is 17.5 Å². The van der Waals surface area contributed by atoms with Crippen molar-refractivity contribution in [3.8, 4) is 5.88 Å². The predicted molar refractivity (Wildman–Crippen MR) is 80.6 cm³/mol. The van der Waals surface area contributed by atoms with Gasteiger partial charge < -0.3 is 10.1 Å². The maximum Gasteiger partial charge on any atom is 0.223 e. The van der Waals surface area contributed by atoms with E-state index in [1.54, 1.807) is 6.20 Å². The van der Waals surface area contributed by atoms with Gasteiger partial charge in [-0.1, -0.05) is 32.8 Å². The number of aromatic nitrogens is 1. The van der Waals surface area contributed by atoms with Gasteiger partial charge in [0.15, 0.2) is 0 Å². The van der Waals surface area contributed by atoms with Gasteiger partial charge in [-0.25, -0.2) is 4.98 Å². The highest BCUT2D eigenvalue weighted by atomic mass is 16.5. The van der Waals surface area contributed by atoms with Gasteiger partial charge in [0.2, 0.25) is 11.8 Å². The second kappa shape index (κ2) is 9.34. The van der Waals surface area contributed by atoms with Crippen molar-refractivity contribution in [3.63, 3.8) is 0 Å². The van der Waals surface area contributed by atoms with E-state index in [4.69, 9.17) is 4.74 Å². The van der Waals surface area contributed by atoms with Gasteiger partial charge >= 0.3 is 0 Å². The number of carbonyl (C=O) groups excluding carboxylic acids is 1. The van der Waals surface area contributed by atoms with E-state index >= 15 is 0 Å². The summed E-state index contributed by atoms with van der Waals surface area (Å²) in [5.74, 6) is 0.853. The number of rotatable bonds is 9. The summed E-state index contributed by atoms with van der Waals surface area (Å²) >= 11 is 0. The van der Waals surface area contributed by atoms with Gasteiger partial charge in [0.25, 0.3) is 0 Å². The van der Waals surface area contributed by atoms with E-state index in [-0.39, 0.29) is 11.8 Å². The van der Waals surface area contributed by atoms with E-state index in [0.717, 1.165) is 31.2 Å². The molecular formula is C16H26N2O2. The molecule has 1 amide bonds. The molecule has 0 aliphatic carbocycles. The summed E-state index contributed by atoms with van der Waals surface area (Å²) in [6, 6.07) is 3.80. The quantitative estimate of drug-likeness (QED) is 0.754. The Morgan fingerprint density at radius 3 is 2.85 bits per heavy atom. The fourth-order valence-electron chi connectivity index (χ4n) is 2.12. The molecule has 1 aromatic rings. The zero-order chi connectivity index (χ0) is 14.8. The summed E-state index contributed by atoms with van der Waals surface area (Å²) in [7, 11) is 0. The van der Waals surface area contributed by atoms with Crippen LogP contribution in [0.25, 0.3) is 0 Å². The minimum Gasteiger partial charge on any atom is -0.478 e. The van der Waals surface area contributed by atoms with Gasteiger partial charge in [0.05, 0.1) is 6.61 Å². The number of pyridine rings is 1. The SMILES string of the molecule is CCCCC(CC)C(=O)NCc1cccnc1OCC.